The van der Waals surface area contributed by atoms with Crippen molar-refractivity contribution in [3.63, 3.8) is 0 Å². The van der Waals surface area contributed by atoms with Crippen LogP contribution in [0.4, 0.5) is 28.9 Å². The number of amides is 2. The van der Waals surface area contributed by atoms with E-state index in [1.807, 2.05) is 0 Å². The average molecular weight is 367 g/mol. The predicted molar refractivity (Wildman–Crippen MR) is 85.3 cm³/mol. The maximum atomic E-state index is 14.2. The first kappa shape index (κ1) is 17.8. The van der Waals surface area contributed by atoms with Gasteiger partial charge in [-0.2, -0.15) is 13.2 Å². The van der Waals surface area contributed by atoms with E-state index in [-0.39, 0.29) is 29.1 Å². The van der Waals surface area contributed by atoms with Gasteiger partial charge in [0.1, 0.15) is 5.82 Å². The number of benzene rings is 1. The fourth-order valence-electron chi connectivity index (χ4n) is 2.69. The zero-order chi connectivity index (χ0) is 18.9. The molecule has 5 nitrogen and oxygen atoms in total. The SMILES string of the molecule is O=C1CCc2cc(NC(=O)c3ccncc3CC(F)(F)F)c(F)cc2N1. The van der Waals surface area contributed by atoms with Crippen LogP contribution in [0, 0.1) is 5.82 Å². The summed E-state index contributed by atoms with van der Waals surface area (Å²) in [5, 5.41) is 4.82. The Bertz CT molecular complexity index is 881. The molecule has 0 atom stereocenters. The molecular weight excluding hydrogens is 354 g/mol. The van der Waals surface area contributed by atoms with Gasteiger partial charge in [0.2, 0.25) is 5.91 Å². The first-order chi connectivity index (χ1) is 12.2. The third kappa shape index (κ3) is 3.98. The van der Waals surface area contributed by atoms with Gasteiger partial charge in [-0.25, -0.2) is 4.39 Å². The van der Waals surface area contributed by atoms with Crippen molar-refractivity contribution in [2.24, 2.45) is 0 Å². The summed E-state index contributed by atoms with van der Waals surface area (Å²) >= 11 is 0. The summed E-state index contributed by atoms with van der Waals surface area (Å²) in [6.07, 6.45) is -3.07. The molecule has 1 aromatic heterocycles. The topological polar surface area (TPSA) is 71.1 Å². The van der Waals surface area contributed by atoms with E-state index in [4.69, 9.17) is 0 Å². The highest BCUT2D eigenvalue weighted by Crippen LogP contribution is 2.29. The second-order valence-electron chi connectivity index (χ2n) is 5.82. The van der Waals surface area contributed by atoms with Crippen molar-refractivity contribution in [2.45, 2.75) is 25.4 Å². The summed E-state index contributed by atoms with van der Waals surface area (Å²) in [5.74, 6) is -1.90. The summed E-state index contributed by atoms with van der Waals surface area (Å²) in [5.41, 5.74) is 0.246. The van der Waals surface area contributed by atoms with Crippen LogP contribution in [0.5, 0.6) is 0 Å². The van der Waals surface area contributed by atoms with Gasteiger partial charge in [-0.15, -0.1) is 0 Å². The van der Waals surface area contributed by atoms with Gasteiger partial charge in [0.15, 0.2) is 0 Å². The molecule has 0 bridgehead atoms. The Hall–Kier alpha value is -2.97. The number of nitrogens with zero attached hydrogens (tertiary/aromatic N) is 1. The second kappa shape index (κ2) is 6.74. The van der Waals surface area contributed by atoms with Gasteiger partial charge in [0, 0.05) is 30.1 Å². The van der Waals surface area contributed by atoms with Gasteiger partial charge in [-0.3, -0.25) is 14.6 Å². The zero-order valence-corrected chi connectivity index (χ0v) is 13.3. The number of hydrogen-bond acceptors (Lipinski definition) is 3. The Kier molecular flexibility index (Phi) is 4.62. The summed E-state index contributed by atoms with van der Waals surface area (Å²) in [6, 6.07) is 3.59. The third-order valence-corrected chi connectivity index (χ3v) is 3.88. The Morgan fingerprint density at radius 1 is 1.27 bits per heavy atom. The van der Waals surface area contributed by atoms with Crippen molar-refractivity contribution < 1.29 is 27.2 Å². The number of pyridine rings is 1. The van der Waals surface area contributed by atoms with Crippen LogP contribution in [0.2, 0.25) is 0 Å². The minimum atomic E-state index is -4.51. The normalized spacial score (nSPS) is 13.8. The maximum absolute atomic E-state index is 14.2. The molecule has 0 saturated carbocycles. The lowest BCUT2D eigenvalue weighted by atomic mass is 10.0. The second-order valence-corrected chi connectivity index (χ2v) is 5.82. The lowest BCUT2D eigenvalue weighted by Crippen LogP contribution is -2.21. The molecule has 0 fully saturated rings. The number of halogens is 4. The van der Waals surface area contributed by atoms with Crippen LogP contribution in [0.25, 0.3) is 0 Å². The van der Waals surface area contributed by atoms with Gasteiger partial charge < -0.3 is 10.6 Å². The first-order valence-corrected chi connectivity index (χ1v) is 7.66. The van der Waals surface area contributed by atoms with E-state index in [1.54, 1.807) is 0 Å². The molecule has 136 valence electrons. The van der Waals surface area contributed by atoms with E-state index in [1.165, 1.54) is 12.3 Å². The number of nitrogens with one attached hydrogen (secondary N) is 2. The van der Waals surface area contributed by atoms with E-state index in [0.717, 1.165) is 18.3 Å². The highest BCUT2D eigenvalue weighted by molar-refractivity contribution is 6.05. The molecule has 2 heterocycles. The molecule has 0 aliphatic carbocycles. The van der Waals surface area contributed by atoms with Crippen molar-refractivity contribution >= 4 is 23.2 Å². The van der Waals surface area contributed by atoms with Crippen molar-refractivity contribution in [3.8, 4) is 0 Å². The summed E-state index contributed by atoms with van der Waals surface area (Å²) in [4.78, 5) is 27.3. The van der Waals surface area contributed by atoms with Crippen molar-refractivity contribution in [2.75, 3.05) is 10.6 Å². The van der Waals surface area contributed by atoms with E-state index >= 15 is 0 Å². The molecule has 1 aliphatic heterocycles. The molecule has 3 rings (SSSR count). The lowest BCUT2D eigenvalue weighted by Gasteiger charge is -2.19. The number of aromatic nitrogens is 1. The highest BCUT2D eigenvalue weighted by Gasteiger charge is 2.30. The van der Waals surface area contributed by atoms with Gasteiger partial charge in [-0.05, 0) is 35.7 Å². The Labute approximate surface area is 145 Å². The standard InChI is InChI=1S/C17H13F4N3O2/c18-12-6-13-9(1-2-15(25)23-13)5-14(12)24-16(26)11-3-4-22-8-10(11)7-17(19,20)21/h3-6,8H,1-2,7H2,(H,23,25)(H,24,26). The highest BCUT2D eigenvalue weighted by atomic mass is 19.4. The smallest absolute Gasteiger partial charge is 0.326 e. The van der Waals surface area contributed by atoms with Crippen LogP contribution in [-0.4, -0.2) is 23.0 Å². The molecule has 2 aromatic rings. The Morgan fingerprint density at radius 2 is 2.04 bits per heavy atom. The number of carbonyl (C=O) groups excluding carboxylic acids is 2. The maximum Gasteiger partial charge on any atom is 0.393 e. The van der Waals surface area contributed by atoms with Crippen molar-refractivity contribution in [1.29, 1.82) is 0 Å². The molecule has 0 saturated heterocycles. The molecule has 1 aliphatic rings. The number of rotatable bonds is 3. The number of carbonyl (C=O) groups is 2. The largest absolute Gasteiger partial charge is 0.393 e. The fourth-order valence-corrected chi connectivity index (χ4v) is 2.69. The quantitative estimate of drug-likeness (QED) is 0.817. The van der Waals surface area contributed by atoms with Crippen molar-refractivity contribution in [3.05, 3.63) is 53.1 Å². The molecule has 0 spiro atoms. The van der Waals surface area contributed by atoms with Crippen LogP contribution in [0.3, 0.4) is 0 Å². The number of anilines is 2. The number of fused-ring (bicyclic) bond motifs is 1. The molecule has 2 amide bonds. The molecular formula is C17H13F4N3O2. The first-order valence-electron chi connectivity index (χ1n) is 7.66. The monoisotopic (exact) mass is 367 g/mol. The average Bonchev–Trinajstić information content (AvgIpc) is 2.54. The van der Waals surface area contributed by atoms with Crippen LogP contribution >= 0.6 is 0 Å². The third-order valence-electron chi connectivity index (χ3n) is 3.88. The van der Waals surface area contributed by atoms with E-state index in [0.29, 0.717) is 17.7 Å². The van der Waals surface area contributed by atoms with Gasteiger partial charge in [0.05, 0.1) is 12.1 Å². The molecule has 0 unspecified atom stereocenters. The van der Waals surface area contributed by atoms with E-state index in [9.17, 15) is 27.2 Å². The van der Waals surface area contributed by atoms with Gasteiger partial charge in [-0.1, -0.05) is 0 Å². The van der Waals surface area contributed by atoms with E-state index < -0.39 is 24.3 Å². The summed E-state index contributed by atoms with van der Waals surface area (Å²) < 4.78 is 52.1. The minimum absolute atomic E-state index is 0.167. The lowest BCUT2D eigenvalue weighted by molar-refractivity contribution is -0.127. The van der Waals surface area contributed by atoms with Gasteiger partial charge >= 0.3 is 6.18 Å². The molecule has 0 radical (unpaired) electrons. The predicted octanol–water partition coefficient (Wildman–Crippen LogP) is 3.46. The Morgan fingerprint density at radius 3 is 2.77 bits per heavy atom. The van der Waals surface area contributed by atoms with Crippen LogP contribution in [0.15, 0.2) is 30.6 Å². The van der Waals surface area contributed by atoms with Crippen LogP contribution in [0.1, 0.15) is 27.9 Å². The summed E-state index contributed by atoms with van der Waals surface area (Å²) in [6.45, 7) is 0. The number of hydrogen-bond donors (Lipinski definition) is 2. The van der Waals surface area contributed by atoms with Crippen LogP contribution in [-0.2, 0) is 17.6 Å². The molecule has 1 aromatic carbocycles. The number of alkyl halides is 3. The fraction of sp³-hybridized carbons (Fsp3) is 0.235. The number of aryl methyl sites for hydroxylation is 1. The Balaban J connectivity index is 1.86. The zero-order valence-electron chi connectivity index (χ0n) is 13.3. The summed E-state index contributed by atoms with van der Waals surface area (Å²) in [7, 11) is 0. The molecule has 2 N–H and O–H groups in total. The minimum Gasteiger partial charge on any atom is -0.326 e. The molecule has 26 heavy (non-hydrogen) atoms. The van der Waals surface area contributed by atoms with E-state index in [2.05, 4.69) is 15.6 Å². The molecule has 9 heteroatoms. The van der Waals surface area contributed by atoms with Crippen LogP contribution < -0.4 is 10.6 Å². The van der Waals surface area contributed by atoms with Crippen molar-refractivity contribution in [1.82, 2.24) is 4.98 Å². The van der Waals surface area contributed by atoms with Gasteiger partial charge in [0.25, 0.3) is 5.91 Å².